The molecule has 1 nitrogen and oxygen atoms in total. The molecule has 1 saturated heterocycles. The van der Waals surface area contributed by atoms with Crippen molar-refractivity contribution in [1.29, 1.82) is 0 Å². The van der Waals surface area contributed by atoms with Gasteiger partial charge in [0.15, 0.2) is 0 Å². The monoisotopic (exact) mass is 117 g/mol. The maximum absolute atomic E-state index is 3.26. The lowest BCUT2D eigenvalue weighted by atomic mass is 10.3. The van der Waals surface area contributed by atoms with E-state index in [4.69, 9.17) is 0 Å². The zero-order valence-corrected chi connectivity index (χ0v) is 5.26. The first-order chi connectivity index (χ1) is 3.50. The van der Waals surface area contributed by atoms with Gasteiger partial charge in [-0.3, -0.25) is 4.72 Å². The second-order valence-electron chi connectivity index (χ2n) is 1.80. The molecular weight excluding hydrogens is 106 g/mol. The van der Waals surface area contributed by atoms with Crippen molar-refractivity contribution in [2.24, 2.45) is 0 Å². The van der Waals surface area contributed by atoms with E-state index in [2.05, 4.69) is 4.72 Å². The number of nitrogens with one attached hydrogen (secondary N) is 1. The summed E-state index contributed by atoms with van der Waals surface area (Å²) in [5.74, 6) is 1.31. The summed E-state index contributed by atoms with van der Waals surface area (Å²) < 4.78 is 3.26. The Bertz CT molecular complexity index is 27.7. The van der Waals surface area contributed by atoms with Crippen LogP contribution in [0.1, 0.15) is 19.3 Å². The van der Waals surface area contributed by atoms with Crippen LogP contribution in [0.4, 0.5) is 0 Å². The van der Waals surface area contributed by atoms with E-state index in [1.807, 2.05) is 11.9 Å². The molecule has 7 heavy (non-hydrogen) atoms. The molecule has 0 aromatic heterocycles. The Morgan fingerprint density at radius 2 is 2.14 bits per heavy atom. The first kappa shape index (κ1) is 5.45. The zero-order chi connectivity index (χ0) is 4.95. The molecule has 1 heterocycles. The summed E-state index contributed by atoms with van der Waals surface area (Å²) in [5, 5.41) is 0. The molecule has 1 N–H and O–H groups in total. The zero-order valence-electron chi connectivity index (χ0n) is 4.44. The normalized spacial score (nSPS) is 24.0. The van der Waals surface area contributed by atoms with Crippen molar-refractivity contribution in [2.75, 3.05) is 12.3 Å². The van der Waals surface area contributed by atoms with Gasteiger partial charge in [-0.2, -0.15) is 0 Å². The molecule has 1 rings (SSSR count). The molecule has 0 bridgehead atoms. The molecular formula is C5H11NS. The third-order valence-electron chi connectivity index (χ3n) is 1.13. The highest BCUT2D eigenvalue weighted by atomic mass is 32.2. The summed E-state index contributed by atoms with van der Waals surface area (Å²) in [6, 6.07) is 0. The third-order valence-corrected chi connectivity index (χ3v) is 2.03. The number of hydrogen-bond acceptors (Lipinski definition) is 2. The van der Waals surface area contributed by atoms with E-state index in [0.29, 0.717) is 0 Å². The molecule has 1 aliphatic rings. The summed E-state index contributed by atoms with van der Waals surface area (Å²) in [4.78, 5) is 0. The average Bonchev–Trinajstić information content (AvgIpc) is 1.90. The number of hydrogen-bond donors (Lipinski definition) is 1. The van der Waals surface area contributed by atoms with E-state index < -0.39 is 0 Å². The molecule has 0 unspecified atom stereocenters. The second-order valence-corrected chi connectivity index (χ2v) is 2.79. The van der Waals surface area contributed by atoms with Crippen LogP contribution in [-0.4, -0.2) is 12.3 Å². The first-order valence-corrected chi connectivity index (χ1v) is 3.83. The highest BCUT2D eigenvalue weighted by molar-refractivity contribution is 7.97. The van der Waals surface area contributed by atoms with Crippen LogP contribution in [0.2, 0.25) is 0 Å². The lowest BCUT2D eigenvalue weighted by Gasteiger charge is -1.91. The molecule has 0 amide bonds. The van der Waals surface area contributed by atoms with Crippen molar-refractivity contribution >= 4 is 11.9 Å². The Morgan fingerprint density at radius 3 is 3.14 bits per heavy atom. The van der Waals surface area contributed by atoms with Gasteiger partial charge in [-0.25, -0.2) is 0 Å². The highest BCUT2D eigenvalue weighted by Crippen LogP contribution is 2.06. The van der Waals surface area contributed by atoms with Crippen LogP contribution < -0.4 is 4.72 Å². The van der Waals surface area contributed by atoms with Crippen molar-refractivity contribution < 1.29 is 0 Å². The van der Waals surface area contributed by atoms with E-state index in [1.54, 1.807) is 0 Å². The predicted molar refractivity (Wildman–Crippen MR) is 34.3 cm³/mol. The molecule has 2 heteroatoms. The van der Waals surface area contributed by atoms with E-state index >= 15 is 0 Å². The minimum Gasteiger partial charge on any atom is -0.264 e. The Hall–Kier alpha value is 0.310. The van der Waals surface area contributed by atoms with Gasteiger partial charge in [0.05, 0.1) is 0 Å². The fraction of sp³-hybridized carbons (Fsp3) is 1.00. The van der Waals surface area contributed by atoms with E-state index in [-0.39, 0.29) is 0 Å². The van der Waals surface area contributed by atoms with Gasteiger partial charge in [0.1, 0.15) is 0 Å². The first-order valence-electron chi connectivity index (χ1n) is 2.85. The third kappa shape index (κ3) is 2.19. The number of rotatable bonds is 0. The van der Waals surface area contributed by atoms with Gasteiger partial charge in [0.2, 0.25) is 0 Å². The maximum atomic E-state index is 3.26. The van der Waals surface area contributed by atoms with Crippen LogP contribution in [-0.2, 0) is 0 Å². The van der Waals surface area contributed by atoms with Gasteiger partial charge in [-0.05, 0) is 12.8 Å². The van der Waals surface area contributed by atoms with E-state index in [1.165, 1.54) is 31.6 Å². The summed E-state index contributed by atoms with van der Waals surface area (Å²) in [5.41, 5.74) is 0. The van der Waals surface area contributed by atoms with Gasteiger partial charge in [0, 0.05) is 12.3 Å². The SMILES string of the molecule is C1CCNSCC1. The van der Waals surface area contributed by atoms with Crippen molar-refractivity contribution in [3.05, 3.63) is 0 Å². The van der Waals surface area contributed by atoms with E-state index in [9.17, 15) is 0 Å². The fourth-order valence-electron chi connectivity index (χ4n) is 0.693. The van der Waals surface area contributed by atoms with Crippen molar-refractivity contribution in [3.63, 3.8) is 0 Å². The lowest BCUT2D eigenvalue weighted by Crippen LogP contribution is -2.01. The van der Waals surface area contributed by atoms with Crippen molar-refractivity contribution in [2.45, 2.75) is 19.3 Å². The summed E-state index contributed by atoms with van der Waals surface area (Å²) >= 11 is 1.87. The summed E-state index contributed by atoms with van der Waals surface area (Å²) in [7, 11) is 0. The Kier molecular flexibility index (Phi) is 2.59. The van der Waals surface area contributed by atoms with Crippen LogP contribution in [0.5, 0.6) is 0 Å². The van der Waals surface area contributed by atoms with E-state index in [0.717, 1.165) is 0 Å². The van der Waals surface area contributed by atoms with Gasteiger partial charge in [-0.15, -0.1) is 0 Å². The van der Waals surface area contributed by atoms with Crippen LogP contribution in [0.15, 0.2) is 0 Å². The molecule has 0 aromatic carbocycles. The Morgan fingerprint density at radius 1 is 1.14 bits per heavy atom. The smallest absolute Gasteiger partial charge is 0.00786 e. The topological polar surface area (TPSA) is 12.0 Å². The maximum Gasteiger partial charge on any atom is 0.00786 e. The minimum absolute atomic E-state index is 1.21. The minimum atomic E-state index is 1.21. The Balaban J connectivity index is 2.04. The molecule has 0 spiro atoms. The Labute approximate surface area is 49.0 Å². The molecule has 0 saturated carbocycles. The molecule has 0 aromatic rings. The predicted octanol–water partition coefficient (Wildman–Crippen LogP) is 1.41. The second kappa shape index (κ2) is 3.33. The fourth-order valence-corrected chi connectivity index (χ4v) is 1.47. The van der Waals surface area contributed by atoms with Crippen LogP contribution in [0, 0.1) is 0 Å². The standard InChI is InChI=1S/C5H11NS/c1-2-4-6-7-5-3-1/h6H,1-5H2. The molecule has 1 aliphatic heterocycles. The van der Waals surface area contributed by atoms with Gasteiger partial charge >= 0.3 is 0 Å². The molecule has 0 atom stereocenters. The van der Waals surface area contributed by atoms with Crippen LogP contribution >= 0.6 is 11.9 Å². The summed E-state index contributed by atoms with van der Waals surface area (Å²) in [6.07, 6.45) is 4.19. The molecule has 0 radical (unpaired) electrons. The molecule has 1 fully saturated rings. The molecule has 42 valence electrons. The van der Waals surface area contributed by atoms with Crippen molar-refractivity contribution in [1.82, 2.24) is 4.72 Å². The van der Waals surface area contributed by atoms with Gasteiger partial charge < -0.3 is 0 Å². The van der Waals surface area contributed by atoms with Crippen LogP contribution in [0.25, 0.3) is 0 Å². The van der Waals surface area contributed by atoms with Crippen molar-refractivity contribution in [3.8, 4) is 0 Å². The van der Waals surface area contributed by atoms with Crippen LogP contribution in [0.3, 0.4) is 0 Å². The van der Waals surface area contributed by atoms with Gasteiger partial charge in [0.25, 0.3) is 0 Å². The van der Waals surface area contributed by atoms with Gasteiger partial charge in [-0.1, -0.05) is 18.4 Å². The molecule has 0 aliphatic carbocycles. The highest BCUT2D eigenvalue weighted by Gasteiger charge is 1.94. The summed E-state index contributed by atoms with van der Waals surface area (Å²) in [6.45, 7) is 1.21. The lowest BCUT2D eigenvalue weighted by molar-refractivity contribution is 0.733. The quantitative estimate of drug-likeness (QED) is 0.481. The average molecular weight is 117 g/mol. The largest absolute Gasteiger partial charge is 0.264 e.